The van der Waals surface area contributed by atoms with Crippen molar-refractivity contribution in [3.05, 3.63) is 53.2 Å². The summed E-state index contributed by atoms with van der Waals surface area (Å²) in [5.74, 6) is -0.240. The second kappa shape index (κ2) is 6.86. The maximum absolute atomic E-state index is 12.7. The zero-order valence-corrected chi connectivity index (χ0v) is 14.7. The van der Waals surface area contributed by atoms with E-state index in [9.17, 15) is 18.0 Å². The van der Waals surface area contributed by atoms with E-state index in [-0.39, 0.29) is 11.6 Å². The fourth-order valence-electron chi connectivity index (χ4n) is 2.46. The number of aryl methyl sites for hydroxylation is 2. The maximum atomic E-state index is 12.7. The number of carbonyl (C=O) groups is 1. The van der Waals surface area contributed by atoms with Gasteiger partial charge in [0.25, 0.3) is 5.91 Å². The molecule has 3 aromatic rings. The van der Waals surface area contributed by atoms with Gasteiger partial charge in [0.1, 0.15) is 11.7 Å². The van der Waals surface area contributed by atoms with Crippen LogP contribution in [0.5, 0.6) is 0 Å². The predicted octanol–water partition coefficient (Wildman–Crippen LogP) is 3.29. The number of nitrogens with zero attached hydrogens (tertiary/aromatic N) is 4. The van der Waals surface area contributed by atoms with E-state index in [0.29, 0.717) is 11.9 Å². The van der Waals surface area contributed by atoms with Gasteiger partial charge < -0.3 is 9.84 Å². The van der Waals surface area contributed by atoms with Gasteiger partial charge >= 0.3 is 6.18 Å². The van der Waals surface area contributed by atoms with Gasteiger partial charge in [0.2, 0.25) is 11.7 Å². The van der Waals surface area contributed by atoms with Gasteiger partial charge in [0.15, 0.2) is 5.69 Å². The average molecular weight is 379 g/mol. The first kappa shape index (κ1) is 18.6. The summed E-state index contributed by atoms with van der Waals surface area (Å²) < 4.78 is 44.2. The van der Waals surface area contributed by atoms with Crippen molar-refractivity contribution in [3.63, 3.8) is 0 Å². The molecule has 0 aliphatic heterocycles. The highest BCUT2D eigenvalue weighted by Crippen LogP contribution is 2.28. The van der Waals surface area contributed by atoms with Crippen LogP contribution in [0.25, 0.3) is 11.4 Å². The zero-order chi connectivity index (χ0) is 19.8. The van der Waals surface area contributed by atoms with Crippen molar-refractivity contribution in [3.8, 4) is 11.4 Å². The van der Waals surface area contributed by atoms with E-state index in [2.05, 4.69) is 20.6 Å². The Balaban J connectivity index is 1.75. The Morgan fingerprint density at radius 2 is 2.04 bits per heavy atom. The van der Waals surface area contributed by atoms with Crippen LogP contribution in [0.3, 0.4) is 0 Å². The lowest BCUT2D eigenvalue weighted by atomic mass is 10.1. The minimum absolute atomic E-state index is 0.137. The first-order chi connectivity index (χ1) is 12.6. The van der Waals surface area contributed by atoms with Crippen molar-refractivity contribution in [1.82, 2.24) is 25.2 Å². The lowest BCUT2D eigenvalue weighted by Gasteiger charge is -2.09. The van der Waals surface area contributed by atoms with E-state index >= 15 is 0 Å². The largest absolute Gasteiger partial charge is 0.435 e. The first-order valence-electron chi connectivity index (χ1n) is 7.98. The fraction of sp³-hybridized carbons (Fsp3) is 0.294. The number of alkyl halides is 3. The monoisotopic (exact) mass is 379 g/mol. The number of halogens is 3. The van der Waals surface area contributed by atoms with Gasteiger partial charge in [0.05, 0.1) is 0 Å². The molecule has 0 spiro atoms. The number of hydrogen-bond donors (Lipinski definition) is 1. The highest BCUT2D eigenvalue weighted by molar-refractivity contribution is 5.92. The number of carbonyl (C=O) groups excluding carboxylic acids is 1. The van der Waals surface area contributed by atoms with Crippen LogP contribution in [-0.4, -0.2) is 25.8 Å². The summed E-state index contributed by atoms with van der Waals surface area (Å²) in [6.07, 6.45) is -4.63. The van der Waals surface area contributed by atoms with Crippen molar-refractivity contribution in [2.24, 2.45) is 7.05 Å². The highest BCUT2D eigenvalue weighted by atomic mass is 19.4. The molecule has 1 N–H and O–H groups in total. The minimum atomic E-state index is -4.63. The summed E-state index contributed by atoms with van der Waals surface area (Å²) in [4.78, 5) is 16.5. The van der Waals surface area contributed by atoms with Gasteiger partial charge in [-0.15, -0.1) is 0 Å². The quantitative estimate of drug-likeness (QED) is 0.752. The first-order valence-corrected chi connectivity index (χ1v) is 7.98. The molecular weight excluding hydrogens is 363 g/mol. The molecule has 10 heteroatoms. The van der Waals surface area contributed by atoms with Gasteiger partial charge in [-0.05, 0) is 19.9 Å². The van der Waals surface area contributed by atoms with Crippen molar-refractivity contribution in [2.45, 2.75) is 26.1 Å². The third-order valence-corrected chi connectivity index (χ3v) is 3.84. The van der Waals surface area contributed by atoms with Gasteiger partial charge in [0, 0.05) is 18.7 Å². The second-order valence-corrected chi connectivity index (χ2v) is 6.06. The zero-order valence-electron chi connectivity index (χ0n) is 14.7. The number of amides is 1. The van der Waals surface area contributed by atoms with Crippen molar-refractivity contribution in [2.75, 3.05) is 0 Å². The van der Waals surface area contributed by atoms with Crippen LogP contribution in [0.15, 0.2) is 34.9 Å². The normalized spacial score (nSPS) is 12.8. The molecule has 1 aromatic carbocycles. The van der Waals surface area contributed by atoms with E-state index in [0.717, 1.165) is 15.8 Å². The number of aromatic nitrogens is 4. The molecule has 142 valence electrons. The Bertz CT molecular complexity index is 977. The van der Waals surface area contributed by atoms with E-state index in [4.69, 9.17) is 4.52 Å². The number of rotatable bonds is 4. The van der Waals surface area contributed by atoms with Gasteiger partial charge in [-0.2, -0.15) is 23.3 Å². The Morgan fingerprint density at radius 1 is 1.30 bits per heavy atom. The van der Waals surface area contributed by atoms with Gasteiger partial charge in [-0.25, -0.2) is 0 Å². The molecule has 1 amide bonds. The molecule has 0 saturated heterocycles. The Labute approximate surface area is 152 Å². The Hall–Kier alpha value is -3.17. The van der Waals surface area contributed by atoms with Crippen LogP contribution in [0.4, 0.5) is 13.2 Å². The number of hydrogen-bond acceptors (Lipinski definition) is 5. The maximum Gasteiger partial charge on any atom is 0.435 e. The summed E-state index contributed by atoms with van der Waals surface area (Å²) in [7, 11) is 1.26. The van der Waals surface area contributed by atoms with Crippen LogP contribution in [0, 0.1) is 6.92 Å². The summed E-state index contributed by atoms with van der Waals surface area (Å²) >= 11 is 0. The third kappa shape index (κ3) is 3.99. The van der Waals surface area contributed by atoms with Crippen molar-refractivity contribution >= 4 is 5.91 Å². The molecule has 7 nitrogen and oxygen atoms in total. The summed E-state index contributed by atoms with van der Waals surface area (Å²) in [5, 5.41) is 9.72. The van der Waals surface area contributed by atoms with E-state index < -0.39 is 23.8 Å². The molecule has 0 aliphatic carbocycles. The summed E-state index contributed by atoms with van der Waals surface area (Å²) in [6.45, 7) is 3.52. The average Bonchev–Trinajstić information content (AvgIpc) is 3.21. The molecule has 0 fully saturated rings. The topological polar surface area (TPSA) is 85.8 Å². The predicted molar refractivity (Wildman–Crippen MR) is 88.6 cm³/mol. The highest BCUT2D eigenvalue weighted by Gasteiger charge is 2.35. The summed E-state index contributed by atoms with van der Waals surface area (Å²) in [6, 6.07) is 7.47. The Kier molecular flexibility index (Phi) is 4.73. The number of nitrogens with one attached hydrogen (secondary N) is 1. The molecular formula is C17H16F3N5O2. The summed E-state index contributed by atoms with van der Waals surface area (Å²) in [5.41, 5.74) is 0.414. The van der Waals surface area contributed by atoms with Crippen molar-refractivity contribution in [1.29, 1.82) is 0 Å². The lowest BCUT2D eigenvalue weighted by molar-refractivity contribution is -0.141. The van der Waals surface area contributed by atoms with E-state index in [1.165, 1.54) is 7.05 Å². The molecule has 1 atom stereocenters. The molecule has 0 unspecified atom stereocenters. The van der Waals surface area contributed by atoms with Crippen LogP contribution in [0.2, 0.25) is 0 Å². The lowest BCUT2D eigenvalue weighted by Crippen LogP contribution is -2.28. The minimum Gasteiger partial charge on any atom is -0.339 e. The fourth-order valence-corrected chi connectivity index (χ4v) is 2.46. The van der Waals surface area contributed by atoms with E-state index in [1.807, 2.05) is 31.2 Å². The van der Waals surface area contributed by atoms with E-state index in [1.54, 1.807) is 6.92 Å². The van der Waals surface area contributed by atoms with Crippen LogP contribution in [0.1, 0.15) is 40.6 Å². The molecule has 0 aliphatic rings. The molecule has 2 aromatic heterocycles. The van der Waals surface area contributed by atoms with Crippen molar-refractivity contribution < 1.29 is 22.5 Å². The van der Waals surface area contributed by atoms with Crippen LogP contribution in [-0.2, 0) is 13.2 Å². The second-order valence-electron chi connectivity index (χ2n) is 6.06. The molecule has 0 saturated carbocycles. The Morgan fingerprint density at radius 3 is 2.67 bits per heavy atom. The molecule has 0 radical (unpaired) electrons. The molecule has 27 heavy (non-hydrogen) atoms. The smallest absolute Gasteiger partial charge is 0.339 e. The SMILES string of the molecule is Cc1cccc(-c2noc([C@H](C)NC(=O)c3cc(C(F)(F)F)nn3C)n2)c1. The molecule has 3 rings (SSSR count). The van der Waals surface area contributed by atoms with Gasteiger partial charge in [-0.3, -0.25) is 9.48 Å². The molecule has 0 bridgehead atoms. The standard InChI is InChI=1S/C17H16F3N5O2/c1-9-5-4-6-11(7-9)14-22-16(27-24-14)10(2)21-15(26)12-8-13(17(18,19)20)23-25(12)3/h4-8,10H,1-3H3,(H,21,26)/t10-/m0/s1. The number of benzene rings is 1. The van der Waals surface area contributed by atoms with Crippen LogP contribution < -0.4 is 5.32 Å². The van der Waals surface area contributed by atoms with Crippen LogP contribution >= 0.6 is 0 Å². The van der Waals surface area contributed by atoms with Gasteiger partial charge in [-0.1, -0.05) is 28.9 Å². The molecule has 2 heterocycles. The third-order valence-electron chi connectivity index (χ3n) is 3.84.